The molecule has 6 nitrogen and oxygen atoms in total. The van der Waals surface area contributed by atoms with Crippen LogP contribution in [0.3, 0.4) is 0 Å². The van der Waals surface area contributed by atoms with Crippen LogP contribution in [0.15, 0.2) is 24.3 Å². The van der Waals surface area contributed by atoms with Crippen molar-refractivity contribution < 1.29 is 14.3 Å². The first-order valence-corrected chi connectivity index (χ1v) is 7.66. The molecule has 2 rings (SSSR count). The number of ether oxygens (including phenoxy) is 2. The van der Waals surface area contributed by atoms with Gasteiger partial charge in [0.1, 0.15) is 0 Å². The molecule has 0 aliphatic carbocycles. The van der Waals surface area contributed by atoms with Crippen LogP contribution in [0, 0.1) is 0 Å². The molecule has 22 heavy (non-hydrogen) atoms. The van der Waals surface area contributed by atoms with Crippen LogP contribution < -0.4 is 10.6 Å². The summed E-state index contributed by atoms with van der Waals surface area (Å²) < 4.78 is 10.3. The minimum atomic E-state index is -0.0444. The summed E-state index contributed by atoms with van der Waals surface area (Å²) >= 11 is 0. The number of nitrogens with one attached hydrogen (secondary N) is 2. The van der Waals surface area contributed by atoms with Crippen molar-refractivity contribution in [3.63, 3.8) is 0 Å². The number of rotatable bonds is 8. The number of nitrogens with zero attached hydrogens (tertiary/aromatic N) is 1. The minimum Gasteiger partial charge on any atom is -0.383 e. The smallest absolute Gasteiger partial charge is 0.238 e. The highest BCUT2D eigenvalue weighted by molar-refractivity contribution is 5.92. The molecule has 1 saturated heterocycles. The standard InChI is InChI=1S/C16H25N3O3/c1-21-9-6-17-12-16(20)18-15-4-2-14(3-5-15)13-19-7-10-22-11-8-19/h2-5,17H,6-13H2,1H3,(H,18,20). The zero-order valence-electron chi connectivity index (χ0n) is 13.1. The Hall–Kier alpha value is -1.47. The Morgan fingerprint density at radius 3 is 2.68 bits per heavy atom. The van der Waals surface area contributed by atoms with Gasteiger partial charge in [0.2, 0.25) is 5.91 Å². The first-order valence-electron chi connectivity index (χ1n) is 7.66. The highest BCUT2D eigenvalue weighted by Crippen LogP contribution is 2.12. The van der Waals surface area contributed by atoms with Gasteiger partial charge in [-0.3, -0.25) is 9.69 Å². The lowest BCUT2D eigenvalue weighted by Gasteiger charge is -2.26. The summed E-state index contributed by atoms with van der Waals surface area (Å²) in [6.45, 7) is 6.06. The Labute approximate surface area is 131 Å². The van der Waals surface area contributed by atoms with Crippen LogP contribution in [0.5, 0.6) is 0 Å². The molecule has 1 amide bonds. The number of benzene rings is 1. The van der Waals surface area contributed by atoms with Gasteiger partial charge in [-0.15, -0.1) is 0 Å². The average molecular weight is 307 g/mol. The average Bonchev–Trinajstić information content (AvgIpc) is 2.54. The molecular formula is C16H25N3O3. The van der Waals surface area contributed by atoms with E-state index in [1.165, 1.54) is 5.56 Å². The molecule has 1 heterocycles. The van der Waals surface area contributed by atoms with Crippen LogP contribution >= 0.6 is 0 Å². The third kappa shape index (κ3) is 6.11. The van der Waals surface area contributed by atoms with E-state index in [1.807, 2.05) is 12.1 Å². The molecule has 1 fully saturated rings. The highest BCUT2D eigenvalue weighted by atomic mass is 16.5. The molecule has 0 saturated carbocycles. The van der Waals surface area contributed by atoms with Crippen LogP contribution in [-0.4, -0.2) is 63.9 Å². The van der Waals surface area contributed by atoms with Gasteiger partial charge in [0.05, 0.1) is 26.4 Å². The predicted octanol–water partition coefficient (Wildman–Crippen LogP) is 0.693. The number of carbonyl (C=O) groups is 1. The molecular weight excluding hydrogens is 282 g/mol. The van der Waals surface area contributed by atoms with Gasteiger partial charge >= 0.3 is 0 Å². The molecule has 1 aliphatic rings. The fraction of sp³-hybridized carbons (Fsp3) is 0.562. The van der Waals surface area contributed by atoms with Crippen LogP contribution in [0.1, 0.15) is 5.56 Å². The van der Waals surface area contributed by atoms with E-state index in [4.69, 9.17) is 9.47 Å². The number of morpholine rings is 1. The van der Waals surface area contributed by atoms with E-state index in [1.54, 1.807) is 7.11 Å². The van der Waals surface area contributed by atoms with Gasteiger partial charge in [-0.05, 0) is 17.7 Å². The zero-order valence-corrected chi connectivity index (χ0v) is 13.1. The van der Waals surface area contributed by atoms with E-state index in [2.05, 4.69) is 27.7 Å². The van der Waals surface area contributed by atoms with Crippen molar-refractivity contribution in [3.8, 4) is 0 Å². The van der Waals surface area contributed by atoms with Crippen molar-refractivity contribution in [1.29, 1.82) is 0 Å². The Kier molecular flexibility index (Phi) is 7.32. The van der Waals surface area contributed by atoms with Crippen LogP contribution in [0.2, 0.25) is 0 Å². The summed E-state index contributed by atoms with van der Waals surface area (Å²) in [5, 5.41) is 5.89. The van der Waals surface area contributed by atoms with Crippen molar-refractivity contribution in [1.82, 2.24) is 10.2 Å². The molecule has 0 radical (unpaired) electrons. The molecule has 0 aromatic heterocycles. The van der Waals surface area contributed by atoms with Crippen molar-refractivity contribution >= 4 is 11.6 Å². The maximum atomic E-state index is 11.7. The lowest BCUT2D eigenvalue weighted by Crippen LogP contribution is -2.35. The molecule has 1 aromatic rings. The largest absolute Gasteiger partial charge is 0.383 e. The number of amides is 1. The number of hydrogen-bond donors (Lipinski definition) is 2. The Balaban J connectivity index is 1.72. The Morgan fingerprint density at radius 2 is 2.00 bits per heavy atom. The first-order chi connectivity index (χ1) is 10.8. The molecule has 0 bridgehead atoms. The van der Waals surface area contributed by atoms with E-state index < -0.39 is 0 Å². The van der Waals surface area contributed by atoms with Gasteiger partial charge < -0.3 is 20.1 Å². The second-order valence-electron chi connectivity index (χ2n) is 5.30. The number of hydrogen-bond acceptors (Lipinski definition) is 5. The first kappa shape index (κ1) is 16.9. The lowest BCUT2D eigenvalue weighted by molar-refractivity contribution is -0.115. The summed E-state index contributed by atoms with van der Waals surface area (Å²) in [5.41, 5.74) is 2.07. The summed E-state index contributed by atoms with van der Waals surface area (Å²) in [6, 6.07) is 8.01. The minimum absolute atomic E-state index is 0.0444. The van der Waals surface area contributed by atoms with Gasteiger partial charge in [-0.25, -0.2) is 0 Å². The zero-order chi connectivity index (χ0) is 15.6. The van der Waals surface area contributed by atoms with Crippen LogP contribution in [0.4, 0.5) is 5.69 Å². The number of methoxy groups -OCH3 is 1. The van der Waals surface area contributed by atoms with E-state index in [9.17, 15) is 4.79 Å². The summed E-state index contributed by atoms with van der Waals surface area (Å²) in [5.74, 6) is -0.0444. The van der Waals surface area contributed by atoms with Crippen molar-refractivity contribution in [2.45, 2.75) is 6.54 Å². The molecule has 0 unspecified atom stereocenters. The molecule has 1 aromatic carbocycles. The topological polar surface area (TPSA) is 62.8 Å². The van der Waals surface area contributed by atoms with Crippen LogP contribution in [-0.2, 0) is 20.8 Å². The summed E-state index contributed by atoms with van der Waals surface area (Å²) in [6.07, 6.45) is 0. The fourth-order valence-electron chi connectivity index (χ4n) is 2.29. The van der Waals surface area contributed by atoms with E-state index >= 15 is 0 Å². The molecule has 6 heteroatoms. The van der Waals surface area contributed by atoms with Gasteiger partial charge in [-0.2, -0.15) is 0 Å². The quantitative estimate of drug-likeness (QED) is 0.692. The monoisotopic (exact) mass is 307 g/mol. The number of anilines is 1. The second-order valence-corrected chi connectivity index (χ2v) is 5.30. The van der Waals surface area contributed by atoms with Crippen LogP contribution in [0.25, 0.3) is 0 Å². The molecule has 0 atom stereocenters. The van der Waals surface area contributed by atoms with Crippen molar-refractivity contribution in [2.24, 2.45) is 0 Å². The SMILES string of the molecule is COCCNCC(=O)Nc1ccc(CN2CCOCC2)cc1. The Morgan fingerprint density at radius 1 is 1.27 bits per heavy atom. The van der Waals surface area contributed by atoms with E-state index in [0.29, 0.717) is 19.7 Å². The molecule has 2 N–H and O–H groups in total. The number of carbonyl (C=O) groups excluding carboxylic acids is 1. The Bertz CT molecular complexity index is 444. The van der Waals surface area contributed by atoms with Gasteiger partial charge in [0.15, 0.2) is 0 Å². The highest BCUT2D eigenvalue weighted by Gasteiger charge is 2.10. The van der Waals surface area contributed by atoms with Crippen molar-refractivity contribution in [2.75, 3.05) is 58.4 Å². The maximum Gasteiger partial charge on any atom is 0.238 e. The fourth-order valence-corrected chi connectivity index (χ4v) is 2.29. The lowest BCUT2D eigenvalue weighted by atomic mass is 10.2. The summed E-state index contributed by atoms with van der Waals surface area (Å²) in [7, 11) is 1.64. The maximum absolute atomic E-state index is 11.7. The van der Waals surface area contributed by atoms with E-state index in [-0.39, 0.29) is 5.91 Å². The normalized spacial score (nSPS) is 15.7. The van der Waals surface area contributed by atoms with E-state index in [0.717, 1.165) is 38.5 Å². The summed E-state index contributed by atoms with van der Waals surface area (Å²) in [4.78, 5) is 14.1. The van der Waals surface area contributed by atoms with Crippen molar-refractivity contribution in [3.05, 3.63) is 29.8 Å². The second kappa shape index (κ2) is 9.53. The molecule has 122 valence electrons. The van der Waals surface area contributed by atoms with Gasteiger partial charge in [-0.1, -0.05) is 12.1 Å². The van der Waals surface area contributed by atoms with Gasteiger partial charge in [0, 0.05) is 39.0 Å². The molecule has 1 aliphatic heterocycles. The third-order valence-electron chi connectivity index (χ3n) is 3.52. The predicted molar refractivity (Wildman–Crippen MR) is 85.9 cm³/mol. The molecule has 0 spiro atoms. The van der Waals surface area contributed by atoms with Gasteiger partial charge in [0.25, 0.3) is 0 Å². The third-order valence-corrected chi connectivity index (χ3v) is 3.52.